The molecule has 5 heteroatoms. The Morgan fingerprint density at radius 2 is 1.50 bits per heavy atom. The third-order valence-corrected chi connectivity index (χ3v) is 4.38. The second-order valence-corrected chi connectivity index (χ2v) is 6.33. The van der Waals surface area contributed by atoms with Crippen LogP contribution in [0.15, 0.2) is 73.1 Å². The smallest absolute Gasteiger partial charge is 0.227 e. The maximum Gasteiger partial charge on any atom is 0.227 e. The molecule has 2 aromatic carbocycles. The Labute approximate surface area is 174 Å². The molecule has 0 unspecified atom stereocenters. The molecule has 1 aliphatic heterocycles. The molecule has 0 spiro atoms. The van der Waals surface area contributed by atoms with E-state index in [1.165, 1.54) is 0 Å². The first-order valence-electron chi connectivity index (χ1n) is 8.93. The molecule has 1 aromatic heterocycles. The number of benzene rings is 2. The second kappa shape index (κ2) is 9.33. The summed E-state index contributed by atoms with van der Waals surface area (Å²) in [6, 6.07) is 19.5. The molecule has 142 valence electrons. The van der Waals surface area contributed by atoms with Crippen LogP contribution in [-0.2, 0) is 6.54 Å². The van der Waals surface area contributed by atoms with Crippen molar-refractivity contribution >= 4 is 34.9 Å². The molecule has 0 fully saturated rings. The second-order valence-electron chi connectivity index (χ2n) is 6.33. The van der Waals surface area contributed by atoms with Gasteiger partial charge < -0.3 is 9.47 Å². The van der Waals surface area contributed by atoms with E-state index < -0.39 is 0 Å². The SMILES string of the molecule is Br.O=C(C[n+]1ccc(/C=C/c2ccccc2)cc1)c1ccc2c(c1)OCCO2. The lowest BCUT2D eigenvalue weighted by Crippen LogP contribution is -2.37. The van der Waals surface area contributed by atoms with Gasteiger partial charge >= 0.3 is 0 Å². The highest BCUT2D eigenvalue weighted by molar-refractivity contribution is 8.93. The number of nitrogens with zero attached hydrogens (tertiary/aromatic N) is 1. The Balaban J connectivity index is 0.00000225. The van der Waals surface area contributed by atoms with Gasteiger partial charge in [0.2, 0.25) is 12.3 Å². The van der Waals surface area contributed by atoms with Crippen molar-refractivity contribution < 1.29 is 18.8 Å². The molecule has 0 bridgehead atoms. The van der Waals surface area contributed by atoms with Gasteiger partial charge in [-0.15, -0.1) is 17.0 Å². The minimum Gasteiger partial charge on any atom is -0.486 e. The van der Waals surface area contributed by atoms with E-state index in [4.69, 9.17) is 9.47 Å². The quantitative estimate of drug-likeness (QED) is 0.438. The Bertz CT molecular complexity index is 969. The van der Waals surface area contributed by atoms with Gasteiger partial charge in [0.25, 0.3) is 0 Å². The number of ether oxygens (including phenoxy) is 2. The minimum absolute atomic E-state index is 0. The first kappa shape index (κ1) is 19.8. The number of hydrogen-bond donors (Lipinski definition) is 0. The molecule has 4 nitrogen and oxygen atoms in total. The van der Waals surface area contributed by atoms with E-state index in [2.05, 4.69) is 24.3 Å². The average Bonchev–Trinajstić information content (AvgIpc) is 2.73. The third-order valence-electron chi connectivity index (χ3n) is 4.38. The van der Waals surface area contributed by atoms with Crippen LogP contribution in [0.5, 0.6) is 11.5 Å². The van der Waals surface area contributed by atoms with Gasteiger partial charge in [-0.2, -0.15) is 4.57 Å². The van der Waals surface area contributed by atoms with Crippen LogP contribution in [0.1, 0.15) is 21.5 Å². The average molecular weight is 439 g/mol. The number of carbonyl (C=O) groups excluding carboxylic acids is 1. The van der Waals surface area contributed by atoms with Gasteiger partial charge in [-0.3, -0.25) is 4.79 Å². The number of pyridine rings is 1. The fourth-order valence-electron chi connectivity index (χ4n) is 2.92. The number of carbonyl (C=O) groups is 1. The highest BCUT2D eigenvalue weighted by atomic mass is 79.9. The highest BCUT2D eigenvalue weighted by Gasteiger charge is 2.17. The predicted molar refractivity (Wildman–Crippen MR) is 114 cm³/mol. The topological polar surface area (TPSA) is 39.4 Å². The molecule has 0 aliphatic carbocycles. The van der Waals surface area contributed by atoms with Gasteiger partial charge in [0, 0.05) is 17.7 Å². The molecule has 0 saturated heterocycles. The van der Waals surface area contributed by atoms with Crippen molar-refractivity contribution in [3.8, 4) is 11.5 Å². The zero-order valence-corrected chi connectivity index (χ0v) is 17.0. The lowest BCUT2D eigenvalue weighted by atomic mass is 10.1. The van der Waals surface area contributed by atoms with Crippen LogP contribution in [-0.4, -0.2) is 19.0 Å². The minimum atomic E-state index is 0. The normalized spacial score (nSPS) is 12.4. The number of ketones is 1. The third kappa shape index (κ3) is 4.87. The van der Waals surface area contributed by atoms with Crippen molar-refractivity contribution in [2.24, 2.45) is 0 Å². The number of hydrogen-bond acceptors (Lipinski definition) is 3. The van der Waals surface area contributed by atoms with Crippen molar-refractivity contribution in [3.63, 3.8) is 0 Å². The summed E-state index contributed by atoms with van der Waals surface area (Å²) in [6.07, 6.45) is 7.96. The van der Waals surface area contributed by atoms with Crippen molar-refractivity contribution in [2.75, 3.05) is 13.2 Å². The molecule has 0 amide bonds. The van der Waals surface area contributed by atoms with Gasteiger partial charge in [0.15, 0.2) is 23.9 Å². The number of halogens is 1. The van der Waals surface area contributed by atoms with Gasteiger partial charge in [-0.25, -0.2) is 0 Å². The van der Waals surface area contributed by atoms with Gasteiger partial charge in [-0.1, -0.05) is 42.5 Å². The molecule has 1 aliphatic rings. The summed E-state index contributed by atoms with van der Waals surface area (Å²) in [6.45, 7) is 1.33. The molecule has 0 saturated carbocycles. The summed E-state index contributed by atoms with van der Waals surface area (Å²) in [5.74, 6) is 1.36. The number of aromatic nitrogens is 1. The van der Waals surface area contributed by atoms with Crippen LogP contribution >= 0.6 is 17.0 Å². The Hall–Kier alpha value is -2.92. The number of Topliss-reactive ketones (excluding diaryl/α,β-unsaturated/α-hetero) is 1. The van der Waals surface area contributed by atoms with Crippen molar-refractivity contribution in [1.29, 1.82) is 0 Å². The van der Waals surface area contributed by atoms with E-state index in [-0.39, 0.29) is 29.3 Å². The van der Waals surface area contributed by atoms with Crippen LogP contribution in [0, 0.1) is 0 Å². The number of rotatable bonds is 5. The predicted octanol–water partition coefficient (Wildman–Crippen LogP) is 4.38. The largest absolute Gasteiger partial charge is 0.486 e. The van der Waals surface area contributed by atoms with Gasteiger partial charge in [0.05, 0.1) is 0 Å². The fraction of sp³-hybridized carbons (Fsp3) is 0.130. The van der Waals surface area contributed by atoms with Crippen molar-refractivity contribution in [2.45, 2.75) is 6.54 Å². The monoisotopic (exact) mass is 438 g/mol. The summed E-state index contributed by atoms with van der Waals surface area (Å²) in [7, 11) is 0. The van der Waals surface area contributed by atoms with E-state index in [9.17, 15) is 4.79 Å². The molecule has 28 heavy (non-hydrogen) atoms. The summed E-state index contributed by atoms with van der Waals surface area (Å²) >= 11 is 0. The standard InChI is InChI=1S/C23H20NO3.BrH/c25-21(20-8-9-22-23(16-20)27-15-14-26-22)17-24-12-10-19(11-13-24)7-6-18-4-2-1-3-5-18;/h1-13,16H,14-15,17H2;1H/q+1;/b7-6+;. The zero-order chi connectivity index (χ0) is 18.5. The molecule has 3 aromatic rings. The zero-order valence-electron chi connectivity index (χ0n) is 15.3. The fourth-order valence-corrected chi connectivity index (χ4v) is 2.92. The summed E-state index contributed by atoms with van der Waals surface area (Å²) in [5.41, 5.74) is 2.87. The van der Waals surface area contributed by atoms with E-state index in [0.29, 0.717) is 30.3 Å². The van der Waals surface area contributed by atoms with Crippen LogP contribution in [0.3, 0.4) is 0 Å². The van der Waals surface area contributed by atoms with Crippen molar-refractivity contribution in [1.82, 2.24) is 0 Å². The van der Waals surface area contributed by atoms with Crippen LogP contribution in [0.4, 0.5) is 0 Å². The first-order valence-corrected chi connectivity index (χ1v) is 8.93. The summed E-state index contributed by atoms with van der Waals surface area (Å²) in [4.78, 5) is 12.6. The van der Waals surface area contributed by atoms with Gasteiger partial charge in [0.1, 0.15) is 13.2 Å². The van der Waals surface area contributed by atoms with E-state index in [1.807, 2.05) is 47.3 Å². The maximum absolute atomic E-state index is 12.6. The molecule has 0 atom stereocenters. The first-order chi connectivity index (χ1) is 13.3. The lowest BCUT2D eigenvalue weighted by molar-refractivity contribution is -0.683. The maximum atomic E-state index is 12.6. The van der Waals surface area contributed by atoms with Gasteiger partial charge in [-0.05, 0) is 29.3 Å². The van der Waals surface area contributed by atoms with Crippen molar-refractivity contribution in [3.05, 3.63) is 89.7 Å². The molecular formula is C23H21BrNO3+. The number of fused-ring (bicyclic) bond motifs is 1. The van der Waals surface area contributed by atoms with E-state index in [0.717, 1.165) is 11.1 Å². The molecule has 0 radical (unpaired) electrons. The van der Waals surface area contributed by atoms with Crippen LogP contribution in [0.25, 0.3) is 12.2 Å². The lowest BCUT2D eigenvalue weighted by Gasteiger charge is -2.18. The Morgan fingerprint density at radius 3 is 2.21 bits per heavy atom. The van der Waals surface area contributed by atoms with E-state index >= 15 is 0 Å². The molecule has 4 rings (SSSR count). The molecule has 0 N–H and O–H groups in total. The molecule has 2 heterocycles. The van der Waals surface area contributed by atoms with Crippen LogP contribution in [0.2, 0.25) is 0 Å². The van der Waals surface area contributed by atoms with E-state index in [1.54, 1.807) is 18.2 Å². The summed E-state index contributed by atoms with van der Waals surface area (Å²) in [5, 5.41) is 0. The Morgan fingerprint density at radius 1 is 0.857 bits per heavy atom. The summed E-state index contributed by atoms with van der Waals surface area (Å²) < 4.78 is 12.9. The Kier molecular flexibility index (Phi) is 6.61. The highest BCUT2D eigenvalue weighted by Crippen LogP contribution is 2.30. The van der Waals surface area contributed by atoms with Crippen LogP contribution < -0.4 is 14.0 Å². The molecular weight excluding hydrogens is 418 g/mol.